The van der Waals surface area contributed by atoms with Gasteiger partial charge in [0, 0.05) is 54.5 Å². The zero-order valence-corrected chi connectivity index (χ0v) is 33.8. The molecule has 2 aromatic heterocycles. The fraction of sp³-hybridized carbons (Fsp3) is 0.429. The number of rotatable bonds is 10. The molecule has 6 rings (SSSR count). The summed E-state index contributed by atoms with van der Waals surface area (Å²) in [6.45, 7) is 5.03. The van der Waals surface area contributed by atoms with Crippen LogP contribution in [-0.2, 0) is 14.3 Å². The molecule has 2 aromatic carbocycles. The number of ether oxygens (including phenoxy) is 1. The molecule has 18 heteroatoms. The Labute approximate surface area is 343 Å². The quantitative estimate of drug-likeness (QED) is 0.101. The second kappa shape index (κ2) is 17.1. The van der Waals surface area contributed by atoms with Crippen molar-refractivity contribution in [2.45, 2.75) is 76.5 Å². The van der Waals surface area contributed by atoms with E-state index in [1.54, 1.807) is 88.6 Å². The van der Waals surface area contributed by atoms with Gasteiger partial charge in [-0.25, -0.2) is 37.1 Å². The summed E-state index contributed by atoms with van der Waals surface area (Å²) in [4.78, 5) is 68.4. The molecule has 2 fully saturated rings. The first-order valence-corrected chi connectivity index (χ1v) is 19.3. The minimum Gasteiger partial charge on any atom is -0.465 e. The standard InChI is InChI=1S/C42H46F4N8O6/c1-23(2)33(51-39(57)60-6)37(55)53-21-41(43,44)17-31(53)35-47-19-29(49-35)27-13-9-25(10-14-27)7-8-26-11-15-28(16-12-26)30-20-48-36(50-30)32-18-42(45,46)22-54(32)38(56)34(24(3)4)52(5)40(58)59/h9-16,19-20,23-24,31-34H,17-18,21-22H2,1-6H3,(H,47,49)(H,48,50)(H,51,57)(H,58,59)/t31-,32-,33-,34-/m0/s1. The van der Waals surface area contributed by atoms with E-state index in [-0.39, 0.29) is 11.6 Å². The first-order chi connectivity index (χ1) is 28.3. The van der Waals surface area contributed by atoms with E-state index >= 15 is 0 Å². The predicted octanol–water partition coefficient (Wildman–Crippen LogP) is 6.70. The highest BCUT2D eigenvalue weighted by molar-refractivity contribution is 5.87. The molecule has 4 aromatic rings. The topological polar surface area (TPSA) is 177 Å². The lowest BCUT2D eigenvalue weighted by Crippen LogP contribution is -2.52. The summed E-state index contributed by atoms with van der Waals surface area (Å²) >= 11 is 0. The molecule has 2 saturated heterocycles. The Kier molecular flexibility index (Phi) is 12.3. The third kappa shape index (κ3) is 9.40. The van der Waals surface area contributed by atoms with Crippen LogP contribution in [0.15, 0.2) is 60.9 Å². The van der Waals surface area contributed by atoms with Crippen molar-refractivity contribution < 1.29 is 46.6 Å². The van der Waals surface area contributed by atoms with Crippen LogP contribution in [0.5, 0.6) is 0 Å². The molecule has 14 nitrogen and oxygen atoms in total. The van der Waals surface area contributed by atoms with Crippen LogP contribution in [0.2, 0.25) is 0 Å². The van der Waals surface area contributed by atoms with Crippen LogP contribution in [0, 0.1) is 23.7 Å². The Morgan fingerprint density at radius 3 is 1.60 bits per heavy atom. The van der Waals surface area contributed by atoms with Gasteiger partial charge in [-0.3, -0.25) is 14.5 Å². The summed E-state index contributed by atoms with van der Waals surface area (Å²) < 4.78 is 63.6. The van der Waals surface area contributed by atoms with E-state index in [0.29, 0.717) is 33.6 Å². The fourth-order valence-electron chi connectivity index (χ4n) is 7.55. The molecule has 0 saturated carbocycles. The third-order valence-corrected chi connectivity index (χ3v) is 10.6. The van der Waals surface area contributed by atoms with Crippen LogP contribution < -0.4 is 5.32 Å². The van der Waals surface area contributed by atoms with E-state index in [2.05, 4.69) is 41.8 Å². The Morgan fingerprint density at radius 1 is 0.783 bits per heavy atom. The van der Waals surface area contributed by atoms with E-state index in [4.69, 9.17) is 0 Å². The van der Waals surface area contributed by atoms with Crippen LogP contribution in [0.25, 0.3) is 22.5 Å². The highest BCUT2D eigenvalue weighted by Crippen LogP contribution is 2.43. The second-order valence-electron chi connectivity index (χ2n) is 15.8. The molecule has 0 bridgehead atoms. The van der Waals surface area contributed by atoms with E-state index in [9.17, 15) is 41.8 Å². The zero-order valence-electron chi connectivity index (χ0n) is 33.8. The Balaban J connectivity index is 1.12. The molecule has 0 radical (unpaired) electrons. The first-order valence-electron chi connectivity index (χ1n) is 19.3. The number of amides is 4. The molecule has 2 aliphatic heterocycles. The molecule has 2 aliphatic rings. The van der Waals surface area contributed by atoms with E-state index in [1.165, 1.54) is 7.05 Å². The molecule has 0 aliphatic carbocycles. The number of carbonyl (C=O) groups is 4. The number of aromatic nitrogens is 4. The summed E-state index contributed by atoms with van der Waals surface area (Å²) in [5.74, 6) is -2.04. The second-order valence-corrected chi connectivity index (χ2v) is 15.8. The predicted molar refractivity (Wildman–Crippen MR) is 211 cm³/mol. The van der Waals surface area contributed by atoms with Crippen molar-refractivity contribution in [1.29, 1.82) is 0 Å². The number of carboxylic acid groups (broad SMARTS) is 1. The highest BCUT2D eigenvalue weighted by atomic mass is 19.3. The summed E-state index contributed by atoms with van der Waals surface area (Å²) in [5, 5.41) is 12.0. The Morgan fingerprint density at radius 2 is 1.22 bits per heavy atom. The lowest BCUT2D eigenvalue weighted by Gasteiger charge is -2.33. The van der Waals surface area contributed by atoms with Crippen molar-refractivity contribution in [2.75, 3.05) is 27.2 Å². The third-order valence-electron chi connectivity index (χ3n) is 10.6. The maximum absolute atomic E-state index is 14.7. The van der Waals surface area contributed by atoms with Gasteiger partial charge in [0.05, 0.1) is 43.7 Å². The van der Waals surface area contributed by atoms with Crippen molar-refractivity contribution in [3.8, 4) is 34.4 Å². The summed E-state index contributed by atoms with van der Waals surface area (Å²) in [6.07, 6.45) is -0.335. The average Bonchev–Trinajstić information content (AvgIpc) is 4.01. The first kappa shape index (κ1) is 43.2. The normalized spacial score (nSPS) is 19.1. The number of hydrogen-bond donors (Lipinski definition) is 4. The number of hydrogen-bond acceptors (Lipinski definition) is 7. The van der Waals surface area contributed by atoms with Gasteiger partial charge < -0.3 is 34.9 Å². The van der Waals surface area contributed by atoms with Gasteiger partial charge in [0.1, 0.15) is 23.7 Å². The molecule has 4 amide bonds. The van der Waals surface area contributed by atoms with Crippen molar-refractivity contribution in [2.24, 2.45) is 11.8 Å². The number of H-pyrrole nitrogens is 2. The summed E-state index contributed by atoms with van der Waals surface area (Å²) in [6, 6.07) is 9.88. The van der Waals surface area contributed by atoms with Gasteiger partial charge in [-0.15, -0.1) is 0 Å². The summed E-state index contributed by atoms with van der Waals surface area (Å²) in [5.41, 5.74) is 3.65. The summed E-state index contributed by atoms with van der Waals surface area (Å²) in [7, 11) is 2.39. The van der Waals surface area contributed by atoms with Gasteiger partial charge in [-0.2, -0.15) is 0 Å². The van der Waals surface area contributed by atoms with Crippen molar-refractivity contribution in [1.82, 2.24) is 40.0 Å². The number of nitrogens with zero attached hydrogens (tertiary/aromatic N) is 5. The smallest absolute Gasteiger partial charge is 0.407 e. The van der Waals surface area contributed by atoms with Gasteiger partial charge in [-0.1, -0.05) is 63.8 Å². The van der Waals surface area contributed by atoms with Crippen LogP contribution in [0.1, 0.15) is 75.4 Å². The molecule has 0 unspecified atom stereocenters. The number of aromatic amines is 2. The maximum atomic E-state index is 14.7. The fourth-order valence-corrected chi connectivity index (χ4v) is 7.55. The molecular formula is C42H46F4N8O6. The van der Waals surface area contributed by atoms with E-state index < -0.39 is 97.8 Å². The van der Waals surface area contributed by atoms with Gasteiger partial charge in [0.15, 0.2) is 0 Å². The van der Waals surface area contributed by atoms with Crippen LogP contribution in [0.3, 0.4) is 0 Å². The Hall–Kier alpha value is -6.38. The molecular weight excluding hydrogens is 789 g/mol. The van der Waals surface area contributed by atoms with Gasteiger partial charge in [0.2, 0.25) is 11.8 Å². The molecule has 4 N–H and O–H groups in total. The van der Waals surface area contributed by atoms with Gasteiger partial charge in [-0.05, 0) is 36.1 Å². The number of benzene rings is 2. The molecule has 318 valence electrons. The van der Waals surface area contributed by atoms with Crippen molar-refractivity contribution >= 4 is 24.0 Å². The minimum atomic E-state index is -3.19. The molecule has 4 heterocycles. The van der Waals surface area contributed by atoms with Crippen molar-refractivity contribution in [3.63, 3.8) is 0 Å². The SMILES string of the molecule is COC(=O)N[C@H](C(=O)N1CC(F)(F)C[C@H]1c1nc(-c2ccc(C#Cc3ccc(-c4c[nH]c([C@@H]5CC(F)(F)CN5C(=O)[C@H](C(C)C)N(C)C(=O)O)n4)cc3)cc2)c[nH]1)C(C)C. The number of nitrogens with one attached hydrogen (secondary N) is 3. The monoisotopic (exact) mass is 834 g/mol. The maximum Gasteiger partial charge on any atom is 0.407 e. The number of halogens is 4. The molecule has 0 spiro atoms. The van der Waals surface area contributed by atoms with Crippen LogP contribution >= 0.6 is 0 Å². The van der Waals surface area contributed by atoms with Crippen LogP contribution in [0.4, 0.5) is 27.2 Å². The van der Waals surface area contributed by atoms with E-state index in [1.807, 2.05) is 0 Å². The molecule has 4 atom stereocenters. The van der Waals surface area contributed by atoms with Crippen LogP contribution in [-0.4, -0.2) is 115 Å². The number of likely N-dealkylation sites (tertiary alicyclic amines) is 2. The number of alkyl halides is 4. The van der Waals surface area contributed by atoms with Gasteiger partial charge >= 0.3 is 12.2 Å². The Bertz CT molecular complexity index is 2280. The highest BCUT2D eigenvalue weighted by Gasteiger charge is 2.52. The largest absolute Gasteiger partial charge is 0.465 e. The van der Waals surface area contributed by atoms with E-state index in [0.717, 1.165) is 21.8 Å². The average molecular weight is 835 g/mol. The number of likely N-dealkylation sites (N-methyl/N-ethyl adjacent to an activating group) is 1. The van der Waals surface area contributed by atoms with Gasteiger partial charge in [0.25, 0.3) is 11.8 Å². The minimum absolute atomic E-state index is 0.163. The lowest BCUT2D eigenvalue weighted by atomic mass is 10.0. The number of imidazole rings is 2. The van der Waals surface area contributed by atoms with Crippen molar-refractivity contribution in [3.05, 3.63) is 83.7 Å². The lowest BCUT2D eigenvalue weighted by molar-refractivity contribution is -0.140. The number of methoxy groups -OCH3 is 1. The number of alkyl carbamates (subject to hydrolysis) is 1. The zero-order chi connectivity index (χ0) is 43.7. The molecule has 60 heavy (non-hydrogen) atoms. The number of carbonyl (C=O) groups excluding carboxylic acids is 3.